The first-order valence-corrected chi connectivity index (χ1v) is 10.5. The summed E-state index contributed by atoms with van der Waals surface area (Å²) < 4.78 is 5.53. The van der Waals surface area contributed by atoms with Crippen molar-refractivity contribution in [3.8, 4) is 11.1 Å². The molecular formula is C24H29N3O5. The van der Waals surface area contributed by atoms with Gasteiger partial charge < -0.3 is 25.0 Å². The van der Waals surface area contributed by atoms with Gasteiger partial charge in [0.15, 0.2) is 0 Å². The first-order chi connectivity index (χ1) is 15.2. The molecule has 0 aliphatic heterocycles. The normalized spacial score (nSPS) is 14.3. The molecule has 8 heteroatoms. The molecule has 2 amide bonds. The Kier molecular flexibility index (Phi) is 7.15. The average Bonchev–Trinajstić information content (AvgIpc) is 3.09. The number of aliphatic carboxylic acids is 1. The highest BCUT2D eigenvalue weighted by molar-refractivity contribution is 5.89. The first-order valence-electron chi connectivity index (χ1n) is 10.5. The number of likely N-dealkylation sites (N-methyl/N-ethyl adjacent to an activating group) is 2. The van der Waals surface area contributed by atoms with E-state index in [1.165, 1.54) is 14.0 Å². The molecule has 1 aliphatic rings. The maximum atomic E-state index is 12.8. The number of nitrogens with zero attached hydrogens (tertiary/aromatic N) is 2. The fourth-order valence-electron chi connectivity index (χ4n) is 3.94. The zero-order valence-corrected chi connectivity index (χ0v) is 18.7. The lowest BCUT2D eigenvalue weighted by molar-refractivity contribution is -0.149. The number of rotatable bonds is 8. The molecule has 0 saturated heterocycles. The van der Waals surface area contributed by atoms with Crippen LogP contribution < -0.4 is 5.32 Å². The number of fused-ring (bicyclic) bond motifs is 3. The van der Waals surface area contributed by atoms with Crippen LogP contribution in [0.25, 0.3) is 11.1 Å². The van der Waals surface area contributed by atoms with E-state index in [-0.39, 0.29) is 19.1 Å². The summed E-state index contributed by atoms with van der Waals surface area (Å²) in [5.74, 6) is -1.71. The number of alkyl carbamates (subject to hydrolysis) is 1. The molecule has 0 bridgehead atoms. The van der Waals surface area contributed by atoms with Crippen molar-refractivity contribution >= 4 is 18.0 Å². The number of ether oxygens (including phenoxy) is 1. The van der Waals surface area contributed by atoms with Gasteiger partial charge in [-0.3, -0.25) is 4.79 Å². The van der Waals surface area contributed by atoms with Crippen LogP contribution in [0.3, 0.4) is 0 Å². The third kappa shape index (κ3) is 4.91. The van der Waals surface area contributed by atoms with Crippen LogP contribution in [0.1, 0.15) is 24.0 Å². The Morgan fingerprint density at radius 1 is 1.00 bits per heavy atom. The van der Waals surface area contributed by atoms with Gasteiger partial charge in [-0.05, 0) is 43.3 Å². The largest absolute Gasteiger partial charge is 0.480 e. The van der Waals surface area contributed by atoms with Gasteiger partial charge in [-0.25, -0.2) is 9.59 Å². The molecule has 2 N–H and O–H groups in total. The first kappa shape index (κ1) is 23.3. The molecular weight excluding hydrogens is 410 g/mol. The molecule has 32 heavy (non-hydrogen) atoms. The van der Waals surface area contributed by atoms with E-state index in [1.54, 1.807) is 19.0 Å². The summed E-state index contributed by atoms with van der Waals surface area (Å²) in [6, 6.07) is 14.1. The van der Waals surface area contributed by atoms with Crippen LogP contribution in [0.4, 0.5) is 4.79 Å². The van der Waals surface area contributed by atoms with Gasteiger partial charge in [-0.2, -0.15) is 0 Å². The highest BCUT2D eigenvalue weighted by Gasteiger charge is 2.32. The highest BCUT2D eigenvalue weighted by Crippen LogP contribution is 2.44. The summed E-state index contributed by atoms with van der Waals surface area (Å²) in [4.78, 5) is 39.5. The molecule has 2 aromatic carbocycles. The van der Waals surface area contributed by atoms with Gasteiger partial charge >= 0.3 is 12.1 Å². The lowest BCUT2D eigenvalue weighted by Gasteiger charge is -2.28. The van der Waals surface area contributed by atoms with Gasteiger partial charge in [-0.1, -0.05) is 48.5 Å². The molecule has 0 spiro atoms. The van der Waals surface area contributed by atoms with Crippen molar-refractivity contribution in [2.24, 2.45) is 0 Å². The van der Waals surface area contributed by atoms with Crippen LogP contribution in [-0.2, 0) is 14.3 Å². The number of nitrogens with one attached hydrogen (secondary N) is 1. The van der Waals surface area contributed by atoms with Gasteiger partial charge in [-0.15, -0.1) is 0 Å². The van der Waals surface area contributed by atoms with Gasteiger partial charge in [0.25, 0.3) is 0 Å². The van der Waals surface area contributed by atoms with E-state index in [4.69, 9.17) is 4.74 Å². The number of hydrogen-bond acceptors (Lipinski definition) is 5. The lowest BCUT2D eigenvalue weighted by Crippen LogP contribution is -2.55. The number of benzene rings is 2. The van der Waals surface area contributed by atoms with E-state index in [9.17, 15) is 19.5 Å². The van der Waals surface area contributed by atoms with E-state index in [2.05, 4.69) is 17.4 Å². The lowest BCUT2D eigenvalue weighted by atomic mass is 9.98. The minimum absolute atomic E-state index is 0.0918. The molecule has 0 radical (unpaired) electrons. The molecule has 0 saturated carbocycles. The second kappa shape index (κ2) is 9.82. The summed E-state index contributed by atoms with van der Waals surface area (Å²) in [5, 5.41) is 11.8. The van der Waals surface area contributed by atoms with Crippen LogP contribution in [0.15, 0.2) is 48.5 Å². The number of hydrogen-bond donors (Lipinski definition) is 2. The van der Waals surface area contributed by atoms with Crippen LogP contribution in [0.2, 0.25) is 0 Å². The fraction of sp³-hybridized carbons (Fsp3) is 0.375. The Bertz CT molecular complexity index is 961. The van der Waals surface area contributed by atoms with E-state index in [0.717, 1.165) is 27.2 Å². The zero-order valence-electron chi connectivity index (χ0n) is 18.7. The summed E-state index contributed by atoms with van der Waals surface area (Å²) in [6.45, 7) is 1.75. The SMILES string of the molecule is C[C@@H](C(=O)O)N(C)C(=O)[C@H](CN(C)C)NC(=O)OCC1c2ccccc2-c2ccccc21. The predicted octanol–water partition coefficient (Wildman–Crippen LogP) is 2.39. The summed E-state index contributed by atoms with van der Waals surface area (Å²) >= 11 is 0. The molecule has 0 fully saturated rings. The van der Waals surface area contributed by atoms with E-state index >= 15 is 0 Å². The standard InChI is InChI=1S/C24H29N3O5/c1-15(23(29)30)27(4)22(28)21(13-26(2)3)25-24(31)32-14-20-18-11-7-5-9-16(18)17-10-6-8-12-19(17)20/h5-12,15,20-21H,13-14H2,1-4H3,(H,25,31)(H,29,30)/t15-,21-/m0/s1. The number of carbonyl (C=O) groups excluding carboxylic acids is 2. The fourth-order valence-corrected chi connectivity index (χ4v) is 3.94. The van der Waals surface area contributed by atoms with E-state index < -0.39 is 30.1 Å². The average molecular weight is 440 g/mol. The molecule has 2 aromatic rings. The monoisotopic (exact) mass is 439 g/mol. The number of carboxylic acids is 1. The second-order valence-electron chi connectivity index (χ2n) is 8.25. The van der Waals surface area contributed by atoms with Gasteiger partial charge in [0.1, 0.15) is 18.7 Å². The number of carboxylic acid groups (broad SMARTS) is 1. The van der Waals surface area contributed by atoms with Gasteiger partial charge in [0, 0.05) is 19.5 Å². The van der Waals surface area contributed by atoms with Crippen molar-refractivity contribution < 1.29 is 24.2 Å². The van der Waals surface area contributed by atoms with E-state index in [0.29, 0.717) is 0 Å². The van der Waals surface area contributed by atoms with Crippen LogP contribution in [0, 0.1) is 0 Å². The topological polar surface area (TPSA) is 99.2 Å². The van der Waals surface area contributed by atoms with Crippen molar-refractivity contribution in [1.82, 2.24) is 15.1 Å². The second-order valence-corrected chi connectivity index (χ2v) is 8.25. The molecule has 3 rings (SSSR count). The van der Waals surface area contributed by atoms with Crippen molar-refractivity contribution in [3.05, 3.63) is 59.7 Å². The smallest absolute Gasteiger partial charge is 0.407 e. The van der Waals surface area contributed by atoms with Crippen molar-refractivity contribution in [2.45, 2.75) is 24.9 Å². The van der Waals surface area contributed by atoms with Crippen LogP contribution in [-0.4, -0.2) is 79.3 Å². The molecule has 2 atom stereocenters. The zero-order chi connectivity index (χ0) is 23.4. The number of amides is 2. The quantitative estimate of drug-likeness (QED) is 0.655. The molecule has 0 aromatic heterocycles. The molecule has 0 unspecified atom stereocenters. The Balaban J connectivity index is 1.69. The summed E-state index contributed by atoms with van der Waals surface area (Å²) in [5.41, 5.74) is 4.44. The maximum Gasteiger partial charge on any atom is 0.407 e. The maximum absolute atomic E-state index is 12.8. The molecule has 0 heterocycles. The van der Waals surface area contributed by atoms with Crippen molar-refractivity contribution in [2.75, 3.05) is 34.3 Å². The third-order valence-corrected chi connectivity index (χ3v) is 5.77. The van der Waals surface area contributed by atoms with Crippen LogP contribution >= 0.6 is 0 Å². The Labute approximate surface area is 187 Å². The van der Waals surface area contributed by atoms with E-state index in [1.807, 2.05) is 36.4 Å². The summed E-state index contributed by atoms with van der Waals surface area (Å²) in [6.07, 6.45) is -0.719. The highest BCUT2D eigenvalue weighted by atomic mass is 16.5. The minimum atomic E-state index is -1.12. The Morgan fingerprint density at radius 2 is 1.53 bits per heavy atom. The molecule has 170 valence electrons. The minimum Gasteiger partial charge on any atom is -0.480 e. The van der Waals surface area contributed by atoms with Gasteiger partial charge in [0.05, 0.1) is 0 Å². The third-order valence-electron chi connectivity index (χ3n) is 5.77. The molecule has 1 aliphatic carbocycles. The van der Waals surface area contributed by atoms with Crippen molar-refractivity contribution in [3.63, 3.8) is 0 Å². The Morgan fingerprint density at radius 3 is 2.03 bits per heavy atom. The van der Waals surface area contributed by atoms with Crippen LogP contribution in [0.5, 0.6) is 0 Å². The Hall–Kier alpha value is -3.39. The summed E-state index contributed by atoms with van der Waals surface area (Å²) in [7, 11) is 4.93. The number of carbonyl (C=O) groups is 3. The van der Waals surface area contributed by atoms with Gasteiger partial charge in [0.2, 0.25) is 5.91 Å². The molecule has 8 nitrogen and oxygen atoms in total. The predicted molar refractivity (Wildman–Crippen MR) is 120 cm³/mol. The van der Waals surface area contributed by atoms with Crippen molar-refractivity contribution in [1.29, 1.82) is 0 Å².